The van der Waals surface area contributed by atoms with Crippen LogP contribution in [0.25, 0.3) is 0 Å². The van der Waals surface area contributed by atoms with Gasteiger partial charge in [0.1, 0.15) is 0 Å². The van der Waals surface area contributed by atoms with Crippen molar-refractivity contribution in [3.8, 4) is 0 Å². The molecular weight excluding hydrogens is 236 g/mol. The molecule has 0 aromatic heterocycles. The predicted octanol–water partition coefficient (Wildman–Crippen LogP) is 2.46. The summed E-state index contributed by atoms with van der Waals surface area (Å²) < 4.78 is 0. The van der Waals surface area contributed by atoms with Gasteiger partial charge in [-0.05, 0) is 63.7 Å². The van der Waals surface area contributed by atoms with Gasteiger partial charge in [-0.2, -0.15) is 0 Å². The van der Waals surface area contributed by atoms with E-state index in [0.717, 1.165) is 12.3 Å². The molecule has 19 heavy (non-hydrogen) atoms. The average molecular weight is 264 g/mol. The van der Waals surface area contributed by atoms with Crippen molar-refractivity contribution in [1.82, 2.24) is 10.6 Å². The summed E-state index contributed by atoms with van der Waals surface area (Å²) in [6.45, 7) is 8.67. The fourth-order valence-corrected chi connectivity index (χ4v) is 5.41. The first kappa shape index (κ1) is 13.4. The molecule has 1 heterocycles. The van der Waals surface area contributed by atoms with Crippen molar-refractivity contribution in [3.05, 3.63) is 0 Å². The lowest BCUT2D eigenvalue weighted by Crippen LogP contribution is -2.74. The number of amides is 1. The summed E-state index contributed by atoms with van der Waals surface area (Å²) in [7, 11) is 0. The smallest absolute Gasteiger partial charge is 0.217 e. The molecule has 108 valence electrons. The third-order valence-electron chi connectivity index (χ3n) is 6.53. The predicted molar refractivity (Wildman–Crippen MR) is 76.8 cm³/mol. The van der Waals surface area contributed by atoms with Gasteiger partial charge in [-0.15, -0.1) is 0 Å². The summed E-state index contributed by atoms with van der Waals surface area (Å²) in [5.41, 5.74) is 0.350. The van der Waals surface area contributed by atoms with Crippen molar-refractivity contribution < 1.29 is 4.79 Å². The molecule has 3 fully saturated rings. The minimum Gasteiger partial charge on any atom is -0.351 e. The fraction of sp³-hybridized carbons (Fsp3) is 0.938. The molecule has 2 aliphatic carbocycles. The van der Waals surface area contributed by atoms with Crippen LogP contribution in [0.15, 0.2) is 0 Å². The Labute approximate surface area is 116 Å². The second-order valence-corrected chi connectivity index (χ2v) is 7.55. The summed E-state index contributed by atoms with van der Waals surface area (Å²) in [4.78, 5) is 11.7. The van der Waals surface area contributed by atoms with Crippen LogP contribution in [0.2, 0.25) is 0 Å². The van der Waals surface area contributed by atoms with E-state index in [1.165, 1.54) is 25.7 Å². The molecule has 3 heteroatoms. The van der Waals surface area contributed by atoms with Crippen molar-refractivity contribution in [2.24, 2.45) is 17.8 Å². The Morgan fingerprint density at radius 3 is 2.68 bits per heavy atom. The molecule has 1 amide bonds. The van der Waals surface area contributed by atoms with Crippen molar-refractivity contribution in [1.29, 1.82) is 0 Å². The highest BCUT2D eigenvalue weighted by Gasteiger charge is 2.59. The van der Waals surface area contributed by atoms with Gasteiger partial charge in [-0.25, -0.2) is 0 Å². The van der Waals surface area contributed by atoms with E-state index in [1.54, 1.807) is 6.92 Å². The fourth-order valence-electron chi connectivity index (χ4n) is 5.41. The molecule has 2 saturated carbocycles. The minimum absolute atomic E-state index is 0.00222. The van der Waals surface area contributed by atoms with Crippen LogP contribution in [0.1, 0.15) is 59.8 Å². The molecule has 3 unspecified atom stereocenters. The van der Waals surface area contributed by atoms with Gasteiger partial charge >= 0.3 is 0 Å². The van der Waals surface area contributed by atoms with Gasteiger partial charge in [0.15, 0.2) is 0 Å². The normalized spacial score (nSPS) is 52.0. The van der Waals surface area contributed by atoms with E-state index in [-0.39, 0.29) is 11.4 Å². The highest BCUT2D eigenvalue weighted by molar-refractivity contribution is 5.74. The Kier molecular flexibility index (Phi) is 2.97. The summed E-state index contributed by atoms with van der Waals surface area (Å²) >= 11 is 0. The molecule has 2 N–H and O–H groups in total. The van der Waals surface area contributed by atoms with Gasteiger partial charge in [0, 0.05) is 24.0 Å². The Balaban J connectivity index is 1.97. The molecule has 1 aliphatic heterocycles. The van der Waals surface area contributed by atoms with Gasteiger partial charge in [0.05, 0.1) is 0 Å². The van der Waals surface area contributed by atoms with Crippen LogP contribution in [0.3, 0.4) is 0 Å². The second-order valence-electron chi connectivity index (χ2n) is 7.55. The lowest BCUT2D eigenvalue weighted by Gasteiger charge is -2.64. The van der Waals surface area contributed by atoms with Crippen LogP contribution >= 0.6 is 0 Å². The molecule has 0 aromatic carbocycles. The Morgan fingerprint density at radius 1 is 1.32 bits per heavy atom. The molecular formula is C16H28N2O. The minimum atomic E-state index is -0.00222. The van der Waals surface area contributed by atoms with Crippen molar-refractivity contribution in [2.75, 3.05) is 0 Å². The number of hydrogen-bond donors (Lipinski definition) is 2. The van der Waals surface area contributed by atoms with Crippen LogP contribution in [-0.2, 0) is 4.79 Å². The second kappa shape index (κ2) is 4.21. The van der Waals surface area contributed by atoms with Crippen LogP contribution in [0, 0.1) is 17.8 Å². The van der Waals surface area contributed by atoms with Gasteiger partial charge in [-0.1, -0.05) is 6.92 Å². The van der Waals surface area contributed by atoms with Crippen LogP contribution < -0.4 is 10.6 Å². The lowest BCUT2D eigenvalue weighted by atomic mass is 9.49. The van der Waals surface area contributed by atoms with Gasteiger partial charge in [0.25, 0.3) is 0 Å². The zero-order valence-electron chi connectivity index (χ0n) is 12.8. The van der Waals surface area contributed by atoms with Crippen molar-refractivity contribution >= 4 is 5.91 Å². The standard InChI is InChI=1S/C16H28N2O/c1-5-14-13-9-12-8-11(6-7-15(12,3)18-14)16(13,4)17-10(2)19/h11-14,18H,5-9H2,1-4H3,(H,17,19)/t11?,12?,13?,14-,15+,16-/m0/s1. The van der Waals surface area contributed by atoms with Crippen molar-refractivity contribution in [3.63, 3.8) is 0 Å². The number of hydrogen-bond acceptors (Lipinski definition) is 2. The van der Waals surface area contributed by atoms with E-state index >= 15 is 0 Å². The third kappa shape index (κ3) is 1.84. The summed E-state index contributed by atoms with van der Waals surface area (Å²) in [5.74, 6) is 2.21. The maximum absolute atomic E-state index is 11.7. The molecule has 3 aliphatic rings. The first-order chi connectivity index (χ1) is 8.89. The van der Waals surface area contributed by atoms with Gasteiger partial charge in [0.2, 0.25) is 5.91 Å². The van der Waals surface area contributed by atoms with E-state index in [4.69, 9.17) is 0 Å². The number of carbonyl (C=O) groups is 1. The molecule has 6 atom stereocenters. The number of fused-ring (bicyclic) bond motifs is 2. The number of rotatable bonds is 2. The first-order valence-electron chi connectivity index (χ1n) is 7.95. The highest BCUT2D eigenvalue weighted by atomic mass is 16.1. The van der Waals surface area contributed by atoms with Crippen molar-refractivity contribution in [2.45, 2.75) is 76.9 Å². The monoisotopic (exact) mass is 264 g/mol. The van der Waals surface area contributed by atoms with Crippen LogP contribution in [-0.4, -0.2) is 23.0 Å². The number of carbonyl (C=O) groups excluding carboxylic acids is 1. The molecule has 0 spiro atoms. The zero-order chi connectivity index (χ0) is 13.8. The molecule has 3 nitrogen and oxygen atoms in total. The highest BCUT2D eigenvalue weighted by Crippen LogP contribution is 2.56. The summed E-state index contributed by atoms with van der Waals surface area (Å²) in [6.07, 6.45) is 6.25. The molecule has 1 saturated heterocycles. The number of nitrogens with one attached hydrogen (secondary N) is 2. The zero-order valence-corrected chi connectivity index (χ0v) is 12.8. The SMILES string of the molecule is CC[C@@H]1N[C@]2(C)CCC3CC2CC1[C@@]3(C)NC(C)=O. The van der Waals surface area contributed by atoms with Gasteiger partial charge in [-0.3, -0.25) is 4.79 Å². The van der Waals surface area contributed by atoms with Crippen LogP contribution in [0.5, 0.6) is 0 Å². The molecule has 0 aromatic rings. The Bertz CT molecular complexity index is 396. The Hall–Kier alpha value is -0.570. The van der Waals surface area contributed by atoms with Crippen LogP contribution in [0.4, 0.5) is 0 Å². The van der Waals surface area contributed by atoms with E-state index in [0.29, 0.717) is 23.4 Å². The van der Waals surface area contributed by atoms with E-state index in [9.17, 15) is 4.79 Å². The summed E-state index contributed by atoms with van der Waals surface area (Å²) in [6, 6.07) is 0.557. The molecule has 3 rings (SSSR count). The molecule has 0 radical (unpaired) electrons. The first-order valence-corrected chi connectivity index (χ1v) is 7.95. The summed E-state index contributed by atoms with van der Waals surface area (Å²) in [5, 5.41) is 7.28. The van der Waals surface area contributed by atoms with E-state index < -0.39 is 0 Å². The van der Waals surface area contributed by atoms with E-state index in [1.807, 2.05) is 0 Å². The topological polar surface area (TPSA) is 41.1 Å². The van der Waals surface area contributed by atoms with Gasteiger partial charge < -0.3 is 10.6 Å². The maximum Gasteiger partial charge on any atom is 0.217 e. The van der Waals surface area contributed by atoms with E-state index in [2.05, 4.69) is 31.4 Å². The maximum atomic E-state index is 11.7. The quantitative estimate of drug-likeness (QED) is 0.804. The third-order valence-corrected chi connectivity index (χ3v) is 6.53. The molecule has 3 bridgehead atoms. The lowest BCUT2D eigenvalue weighted by molar-refractivity contribution is -0.129. The average Bonchev–Trinajstić information content (AvgIpc) is 2.34. The number of piperidine rings is 1. The Morgan fingerprint density at radius 2 is 2.05 bits per heavy atom. The largest absolute Gasteiger partial charge is 0.351 e.